The van der Waals surface area contributed by atoms with E-state index in [9.17, 15) is 4.79 Å². The molecule has 2 aromatic rings. The highest BCUT2D eigenvalue weighted by Gasteiger charge is 2.12. The number of amides is 1. The molecule has 5 nitrogen and oxygen atoms in total. The van der Waals surface area contributed by atoms with Gasteiger partial charge in [-0.3, -0.25) is 4.79 Å². The number of halogens is 1. The number of hydrogen-bond acceptors (Lipinski definition) is 4. The summed E-state index contributed by atoms with van der Waals surface area (Å²) in [7, 11) is 0. The Hall–Kier alpha value is -1.98. The largest absolute Gasteiger partial charge is 0.491 e. The van der Waals surface area contributed by atoms with Gasteiger partial charge in [-0.25, -0.2) is 0 Å². The molecular weight excluding hydrogens is 304 g/mol. The highest BCUT2D eigenvalue weighted by Crippen LogP contribution is 2.24. The Kier molecular flexibility index (Phi) is 7.49. The third-order valence-electron chi connectivity index (χ3n) is 3.01. The molecule has 0 aliphatic rings. The molecule has 0 fully saturated rings. The van der Waals surface area contributed by atoms with Crippen LogP contribution in [-0.4, -0.2) is 12.5 Å². The van der Waals surface area contributed by atoms with Crippen molar-refractivity contribution in [1.82, 2.24) is 0 Å². The summed E-state index contributed by atoms with van der Waals surface area (Å²) < 4.78 is 10.8. The third kappa shape index (κ3) is 4.79. The molecule has 0 atom stereocenters. The van der Waals surface area contributed by atoms with E-state index in [1.165, 1.54) is 6.26 Å². The molecule has 0 aliphatic heterocycles. The molecule has 3 N–H and O–H groups in total. The van der Waals surface area contributed by atoms with Gasteiger partial charge >= 0.3 is 0 Å². The topological polar surface area (TPSA) is 77.5 Å². The summed E-state index contributed by atoms with van der Waals surface area (Å²) in [6.45, 7) is 3.00. The second kappa shape index (κ2) is 9.12. The van der Waals surface area contributed by atoms with Crippen LogP contribution in [0.5, 0.6) is 5.75 Å². The predicted octanol–water partition coefficient (Wildman–Crippen LogP) is 3.59. The van der Waals surface area contributed by atoms with E-state index >= 15 is 0 Å². The zero-order chi connectivity index (χ0) is 15.1. The average molecular weight is 325 g/mol. The standard InChI is InChI=1S/C16H20N2O3.ClH/c1-2-3-8-20-15-7-5-4-6-14(15)18-16(19)12-9-13(10-17)21-11-12;/h4-7,9,11H,2-3,8,10,17H2,1H3,(H,18,19);1H. The molecule has 1 amide bonds. The van der Waals surface area contributed by atoms with Gasteiger partial charge in [0.15, 0.2) is 0 Å². The first-order valence-electron chi connectivity index (χ1n) is 7.05. The number of rotatable bonds is 7. The number of hydrogen-bond donors (Lipinski definition) is 2. The number of unbranched alkanes of at least 4 members (excludes halogenated alkanes) is 1. The van der Waals surface area contributed by atoms with Gasteiger partial charge in [0.2, 0.25) is 0 Å². The Morgan fingerprint density at radius 2 is 2.14 bits per heavy atom. The van der Waals surface area contributed by atoms with Gasteiger partial charge in [0.1, 0.15) is 17.8 Å². The monoisotopic (exact) mass is 324 g/mol. The maximum Gasteiger partial charge on any atom is 0.259 e. The third-order valence-corrected chi connectivity index (χ3v) is 3.01. The van der Waals surface area contributed by atoms with Crippen LogP contribution >= 0.6 is 12.4 Å². The van der Waals surface area contributed by atoms with E-state index in [1.54, 1.807) is 6.07 Å². The van der Waals surface area contributed by atoms with E-state index in [0.29, 0.717) is 29.4 Å². The van der Waals surface area contributed by atoms with Crippen molar-refractivity contribution in [3.63, 3.8) is 0 Å². The van der Waals surface area contributed by atoms with Crippen molar-refractivity contribution in [3.05, 3.63) is 47.9 Å². The van der Waals surface area contributed by atoms with Gasteiger partial charge in [-0.1, -0.05) is 25.5 Å². The molecule has 0 aliphatic carbocycles. The summed E-state index contributed by atoms with van der Waals surface area (Å²) in [4.78, 5) is 12.2. The Bertz CT molecular complexity index is 599. The number of benzene rings is 1. The molecule has 0 spiro atoms. The first-order valence-corrected chi connectivity index (χ1v) is 7.05. The van der Waals surface area contributed by atoms with Crippen molar-refractivity contribution in [3.8, 4) is 5.75 Å². The van der Waals surface area contributed by atoms with Crippen molar-refractivity contribution >= 4 is 24.0 Å². The van der Waals surface area contributed by atoms with Crippen LogP contribution in [-0.2, 0) is 6.54 Å². The normalized spacial score (nSPS) is 9.91. The molecule has 120 valence electrons. The molecular formula is C16H21ClN2O3. The summed E-state index contributed by atoms with van der Waals surface area (Å²) in [6.07, 6.45) is 3.44. The van der Waals surface area contributed by atoms with Gasteiger partial charge in [0.25, 0.3) is 5.91 Å². The van der Waals surface area contributed by atoms with E-state index in [4.69, 9.17) is 14.9 Å². The zero-order valence-electron chi connectivity index (χ0n) is 12.5. The lowest BCUT2D eigenvalue weighted by atomic mass is 10.2. The van der Waals surface area contributed by atoms with E-state index < -0.39 is 0 Å². The van der Waals surface area contributed by atoms with Crippen LogP contribution in [0.1, 0.15) is 35.9 Å². The van der Waals surface area contributed by atoms with Crippen LogP contribution < -0.4 is 15.8 Å². The van der Waals surface area contributed by atoms with E-state index in [1.807, 2.05) is 24.3 Å². The summed E-state index contributed by atoms with van der Waals surface area (Å²) in [6, 6.07) is 9.01. The van der Waals surface area contributed by atoms with Gasteiger partial charge in [-0.15, -0.1) is 12.4 Å². The minimum absolute atomic E-state index is 0. The zero-order valence-corrected chi connectivity index (χ0v) is 13.3. The molecule has 6 heteroatoms. The van der Waals surface area contributed by atoms with Crippen molar-refractivity contribution in [2.45, 2.75) is 26.3 Å². The van der Waals surface area contributed by atoms with Gasteiger partial charge in [-0.2, -0.15) is 0 Å². The molecule has 0 saturated carbocycles. The number of ether oxygens (including phenoxy) is 1. The van der Waals surface area contributed by atoms with Crippen LogP contribution in [0.3, 0.4) is 0 Å². The van der Waals surface area contributed by atoms with Gasteiger partial charge in [0, 0.05) is 0 Å². The fourth-order valence-electron chi connectivity index (χ4n) is 1.82. The Morgan fingerprint density at radius 1 is 1.36 bits per heavy atom. The molecule has 0 radical (unpaired) electrons. The van der Waals surface area contributed by atoms with Crippen molar-refractivity contribution < 1.29 is 13.9 Å². The Labute approximate surface area is 136 Å². The van der Waals surface area contributed by atoms with Gasteiger partial charge in [-0.05, 0) is 24.6 Å². The quantitative estimate of drug-likeness (QED) is 0.763. The van der Waals surface area contributed by atoms with Gasteiger partial charge < -0.3 is 20.2 Å². The summed E-state index contributed by atoms with van der Waals surface area (Å²) in [5, 5.41) is 2.83. The minimum Gasteiger partial charge on any atom is -0.491 e. The van der Waals surface area contributed by atoms with Gasteiger partial charge in [0.05, 0.1) is 24.4 Å². The lowest BCUT2D eigenvalue weighted by Gasteiger charge is -2.11. The van der Waals surface area contributed by atoms with Crippen LogP contribution in [0.15, 0.2) is 41.0 Å². The van der Waals surface area contributed by atoms with Crippen LogP contribution in [0.25, 0.3) is 0 Å². The fraction of sp³-hybridized carbons (Fsp3) is 0.312. The Morgan fingerprint density at radius 3 is 2.82 bits per heavy atom. The number of nitrogens with two attached hydrogens (primary N) is 1. The smallest absolute Gasteiger partial charge is 0.259 e. The molecule has 2 rings (SSSR count). The molecule has 22 heavy (non-hydrogen) atoms. The highest BCUT2D eigenvalue weighted by molar-refractivity contribution is 6.04. The molecule has 0 saturated heterocycles. The first kappa shape index (κ1) is 18.1. The number of nitrogens with one attached hydrogen (secondary N) is 1. The number of para-hydroxylation sites is 2. The Balaban J connectivity index is 0.00000242. The second-order valence-electron chi connectivity index (χ2n) is 4.66. The summed E-state index contributed by atoms with van der Waals surface area (Å²) in [5.41, 5.74) is 6.55. The number of anilines is 1. The molecule has 0 bridgehead atoms. The van der Waals surface area contributed by atoms with E-state index in [2.05, 4.69) is 12.2 Å². The second-order valence-corrected chi connectivity index (χ2v) is 4.66. The fourth-order valence-corrected chi connectivity index (χ4v) is 1.82. The molecule has 1 heterocycles. The lowest BCUT2D eigenvalue weighted by Crippen LogP contribution is -2.12. The first-order chi connectivity index (χ1) is 10.2. The number of carbonyl (C=O) groups is 1. The maximum atomic E-state index is 12.2. The van der Waals surface area contributed by atoms with Crippen molar-refractivity contribution in [2.75, 3.05) is 11.9 Å². The highest BCUT2D eigenvalue weighted by atomic mass is 35.5. The van der Waals surface area contributed by atoms with Crippen molar-refractivity contribution in [2.24, 2.45) is 5.73 Å². The van der Waals surface area contributed by atoms with Crippen LogP contribution in [0.2, 0.25) is 0 Å². The summed E-state index contributed by atoms with van der Waals surface area (Å²) >= 11 is 0. The molecule has 1 aromatic carbocycles. The minimum atomic E-state index is -0.245. The SMILES string of the molecule is CCCCOc1ccccc1NC(=O)c1coc(CN)c1.Cl. The average Bonchev–Trinajstić information content (AvgIpc) is 2.98. The predicted molar refractivity (Wildman–Crippen MR) is 88.6 cm³/mol. The van der Waals surface area contributed by atoms with Crippen LogP contribution in [0.4, 0.5) is 5.69 Å². The van der Waals surface area contributed by atoms with Crippen molar-refractivity contribution in [1.29, 1.82) is 0 Å². The maximum absolute atomic E-state index is 12.2. The molecule has 0 unspecified atom stereocenters. The lowest BCUT2D eigenvalue weighted by molar-refractivity contribution is 0.102. The summed E-state index contributed by atoms with van der Waals surface area (Å²) in [5.74, 6) is 1.000. The van der Waals surface area contributed by atoms with Crippen LogP contribution in [0, 0.1) is 0 Å². The number of carbonyl (C=O) groups excluding carboxylic acids is 1. The van der Waals surface area contributed by atoms with E-state index in [-0.39, 0.29) is 24.9 Å². The molecule has 1 aromatic heterocycles. The van der Waals surface area contributed by atoms with E-state index in [0.717, 1.165) is 12.8 Å². The number of furan rings is 1.